The molecule has 0 aromatic rings. The van der Waals surface area contributed by atoms with Crippen LogP contribution in [-0.4, -0.2) is 30.9 Å². The van der Waals surface area contributed by atoms with Gasteiger partial charge in [-0.05, 0) is 6.42 Å². The van der Waals surface area contributed by atoms with Crippen LogP contribution in [0.1, 0.15) is 84.0 Å². The van der Waals surface area contributed by atoms with Crippen LogP contribution in [0.25, 0.3) is 0 Å². The van der Waals surface area contributed by atoms with Crippen molar-refractivity contribution in [1.82, 2.24) is 5.32 Å². The van der Waals surface area contributed by atoms with Crippen molar-refractivity contribution < 1.29 is 19.1 Å². The summed E-state index contributed by atoms with van der Waals surface area (Å²) in [5, 5.41) is 2.52. The van der Waals surface area contributed by atoms with Gasteiger partial charge in [0.1, 0.15) is 6.04 Å². The SMILES string of the molecule is CCCCCCCCCCCCC(=O)N[C@@H](CC(N)=O)C(=O)OC. The molecule has 0 rings (SSSR count). The van der Waals surface area contributed by atoms with Crippen LogP contribution in [-0.2, 0) is 19.1 Å². The molecule has 1 atom stereocenters. The van der Waals surface area contributed by atoms with Crippen molar-refractivity contribution >= 4 is 17.8 Å². The number of ether oxygens (including phenoxy) is 1. The molecule has 0 fully saturated rings. The normalized spacial score (nSPS) is 11.8. The highest BCUT2D eigenvalue weighted by Gasteiger charge is 2.23. The van der Waals surface area contributed by atoms with Gasteiger partial charge in [0, 0.05) is 6.42 Å². The van der Waals surface area contributed by atoms with Gasteiger partial charge in [0.05, 0.1) is 13.5 Å². The Bertz CT molecular complexity index is 372. The first kappa shape index (κ1) is 22.4. The lowest BCUT2D eigenvalue weighted by molar-refractivity contribution is -0.146. The average Bonchev–Trinajstić information content (AvgIpc) is 2.54. The van der Waals surface area contributed by atoms with Gasteiger partial charge in [0.15, 0.2) is 0 Å². The first-order valence-corrected chi connectivity index (χ1v) is 9.16. The molecule has 0 unspecified atom stereocenters. The number of amides is 2. The molecular formula is C18H34N2O4. The van der Waals surface area contributed by atoms with Gasteiger partial charge in [0.25, 0.3) is 0 Å². The van der Waals surface area contributed by atoms with Gasteiger partial charge in [0.2, 0.25) is 11.8 Å². The third-order valence-electron chi connectivity index (χ3n) is 3.98. The third-order valence-corrected chi connectivity index (χ3v) is 3.98. The van der Waals surface area contributed by atoms with Crippen LogP contribution < -0.4 is 11.1 Å². The van der Waals surface area contributed by atoms with Crippen molar-refractivity contribution in [2.75, 3.05) is 7.11 Å². The Labute approximate surface area is 145 Å². The molecule has 140 valence electrons. The van der Waals surface area contributed by atoms with E-state index >= 15 is 0 Å². The van der Waals surface area contributed by atoms with Crippen LogP contribution in [0.15, 0.2) is 0 Å². The van der Waals surface area contributed by atoms with E-state index in [-0.39, 0.29) is 12.3 Å². The zero-order valence-electron chi connectivity index (χ0n) is 15.3. The maximum atomic E-state index is 11.8. The lowest BCUT2D eigenvalue weighted by atomic mass is 10.1. The first-order valence-electron chi connectivity index (χ1n) is 9.16. The number of unbranched alkanes of at least 4 members (excludes halogenated alkanes) is 9. The number of primary amides is 1. The van der Waals surface area contributed by atoms with Gasteiger partial charge in [-0.25, -0.2) is 4.79 Å². The van der Waals surface area contributed by atoms with Gasteiger partial charge in [-0.1, -0.05) is 64.7 Å². The molecule has 6 heteroatoms. The third kappa shape index (κ3) is 12.9. The van der Waals surface area contributed by atoms with Gasteiger partial charge >= 0.3 is 5.97 Å². The Morgan fingerprint density at radius 1 is 0.917 bits per heavy atom. The second-order valence-corrected chi connectivity index (χ2v) is 6.25. The van der Waals surface area contributed by atoms with E-state index in [2.05, 4.69) is 17.0 Å². The maximum Gasteiger partial charge on any atom is 0.328 e. The molecule has 24 heavy (non-hydrogen) atoms. The number of hydrogen-bond donors (Lipinski definition) is 2. The van der Waals surface area contributed by atoms with E-state index in [0.717, 1.165) is 19.3 Å². The molecule has 0 aliphatic heterocycles. The van der Waals surface area contributed by atoms with E-state index < -0.39 is 17.9 Å². The highest BCUT2D eigenvalue weighted by atomic mass is 16.5. The van der Waals surface area contributed by atoms with Gasteiger partial charge in [-0.15, -0.1) is 0 Å². The van der Waals surface area contributed by atoms with E-state index in [1.807, 2.05) is 0 Å². The summed E-state index contributed by atoms with van der Waals surface area (Å²) in [5.74, 6) is -1.54. The van der Waals surface area contributed by atoms with Crippen LogP contribution in [0.3, 0.4) is 0 Å². The Hall–Kier alpha value is -1.59. The molecule has 0 aliphatic rings. The predicted molar refractivity (Wildman–Crippen MR) is 94.2 cm³/mol. The zero-order valence-corrected chi connectivity index (χ0v) is 15.3. The summed E-state index contributed by atoms with van der Waals surface area (Å²) >= 11 is 0. The molecule has 0 saturated heterocycles. The van der Waals surface area contributed by atoms with Crippen LogP contribution in [0.2, 0.25) is 0 Å². The number of carbonyl (C=O) groups excluding carboxylic acids is 3. The Morgan fingerprint density at radius 2 is 1.42 bits per heavy atom. The quantitative estimate of drug-likeness (QED) is 0.353. The van der Waals surface area contributed by atoms with Crippen molar-refractivity contribution in [3.05, 3.63) is 0 Å². The monoisotopic (exact) mass is 342 g/mol. The number of rotatable bonds is 15. The van der Waals surface area contributed by atoms with E-state index in [9.17, 15) is 14.4 Å². The van der Waals surface area contributed by atoms with Crippen molar-refractivity contribution in [2.45, 2.75) is 90.0 Å². The molecule has 0 aromatic heterocycles. The number of esters is 1. The van der Waals surface area contributed by atoms with Gasteiger partial charge < -0.3 is 15.8 Å². The number of hydrogen-bond acceptors (Lipinski definition) is 4. The first-order chi connectivity index (χ1) is 11.5. The second-order valence-electron chi connectivity index (χ2n) is 6.25. The fourth-order valence-electron chi connectivity index (χ4n) is 2.58. The molecule has 0 radical (unpaired) electrons. The summed E-state index contributed by atoms with van der Waals surface area (Å²) in [4.78, 5) is 34.2. The van der Waals surface area contributed by atoms with Crippen LogP contribution in [0.4, 0.5) is 0 Å². The summed E-state index contributed by atoms with van der Waals surface area (Å²) < 4.78 is 4.56. The molecular weight excluding hydrogens is 308 g/mol. The minimum Gasteiger partial charge on any atom is -0.467 e. The fourth-order valence-corrected chi connectivity index (χ4v) is 2.58. The summed E-state index contributed by atoms with van der Waals surface area (Å²) in [6, 6.07) is -0.983. The molecule has 0 aliphatic carbocycles. The highest BCUT2D eigenvalue weighted by Crippen LogP contribution is 2.11. The van der Waals surface area contributed by atoms with Crippen LogP contribution in [0, 0.1) is 0 Å². The summed E-state index contributed by atoms with van der Waals surface area (Å²) in [6.45, 7) is 2.22. The largest absolute Gasteiger partial charge is 0.467 e. The number of carbonyl (C=O) groups is 3. The standard InChI is InChI=1S/C18H34N2O4/c1-3-4-5-6-7-8-9-10-11-12-13-17(22)20-15(14-16(19)21)18(23)24-2/h15H,3-14H2,1-2H3,(H2,19,21)(H,20,22)/t15-/m0/s1. The fraction of sp³-hybridized carbons (Fsp3) is 0.833. The zero-order chi connectivity index (χ0) is 18.2. The molecule has 0 heterocycles. The van der Waals surface area contributed by atoms with Crippen LogP contribution >= 0.6 is 0 Å². The topological polar surface area (TPSA) is 98.5 Å². The lowest BCUT2D eigenvalue weighted by Gasteiger charge is -2.14. The molecule has 0 spiro atoms. The molecule has 0 bridgehead atoms. The van der Waals surface area contributed by atoms with Crippen molar-refractivity contribution in [2.24, 2.45) is 5.73 Å². The summed E-state index contributed by atoms with van der Waals surface area (Å²) in [5.41, 5.74) is 5.07. The van der Waals surface area contributed by atoms with E-state index in [4.69, 9.17) is 5.73 Å². The Morgan fingerprint density at radius 3 is 1.88 bits per heavy atom. The van der Waals surface area contributed by atoms with E-state index in [0.29, 0.717) is 6.42 Å². The van der Waals surface area contributed by atoms with Gasteiger partial charge in [-0.3, -0.25) is 9.59 Å². The van der Waals surface area contributed by atoms with Crippen molar-refractivity contribution in [3.63, 3.8) is 0 Å². The Kier molecular flexibility index (Phi) is 14.0. The van der Waals surface area contributed by atoms with Crippen LogP contribution in [0.5, 0.6) is 0 Å². The Balaban J connectivity index is 3.70. The molecule has 3 N–H and O–H groups in total. The molecule has 0 aromatic carbocycles. The number of methoxy groups -OCH3 is 1. The minimum atomic E-state index is -0.983. The lowest BCUT2D eigenvalue weighted by Crippen LogP contribution is -2.43. The van der Waals surface area contributed by atoms with Crippen molar-refractivity contribution in [3.8, 4) is 0 Å². The van der Waals surface area contributed by atoms with E-state index in [1.54, 1.807) is 0 Å². The predicted octanol–water partition coefficient (Wildman–Crippen LogP) is 2.83. The van der Waals surface area contributed by atoms with E-state index in [1.165, 1.54) is 52.1 Å². The van der Waals surface area contributed by atoms with Crippen molar-refractivity contribution in [1.29, 1.82) is 0 Å². The minimum absolute atomic E-state index is 0.240. The molecule has 0 saturated carbocycles. The smallest absolute Gasteiger partial charge is 0.328 e. The summed E-state index contributed by atoms with van der Waals surface area (Å²) in [6.07, 6.45) is 12.1. The average molecular weight is 342 g/mol. The maximum absolute atomic E-state index is 11.8. The van der Waals surface area contributed by atoms with Gasteiger partial charge in [-0.2, -0.15) is 0 Å². The number of nitrogens with one attached hydrogen (secondary N) is 1. The molecule has 2 amide bonds. The highest BCUT2D eigenvalue weighted by molar-refractivity contribution is 5.88. The second kappa shape index (κ2) is 15.0. The number of nitrogens with two attached hydrogens (primary N) is 1. The summed E-state index contributed by atoms with van der Waals surface area (Å²) in [7, 11) is 1.21. The molecule has 6 nitrogen and oxygen atoms in total.